The van der Waals surface area contributed by atoms with Gasteiger partial charge in [-0.2, -0.15) is 0 Å². The first kappa shape index (κ1) is 14.9. The molecule has 0 aliphatic rings. The first-order valence-electron chi connectivity index (χ1n) is 6.42. The molecule has 3 N–H and O–H groups in total. The van der Waals surface area contributed by atoms with Gasteiger partial charge in [-0.1, -0.05) is 6.92 Å². The molecule has 0 aromatic carbocycles. The zero-order chi connectivity index (χ0) is 14.1. The fraction of sp³-hybridized carbons (Fsp3) is 0.462. The molecular formula is C13H20N4O2. The number of nitrogens with one attached hydrogen (secondary N) is 3. The molecule has 0 saturated carbocycles. The molecule has 1 rings (SSSR count). The summed E-state index contributed by atoms with van der Waals surface area (Å²) >= 11 is 0. The maximum Gasteiger partial charge on any atom is 0.270 e. The van der Waals surface area contributed by atoms with Crippen LogP contribution in [0.4, 0.5) is 5.69 Å². The van der Waals surface area contributed by atoms with Crippen molar-refractivity contribution in [2.45, 2.75) is 20.3 Å². The molecule has 0 spiro atoms. The van der Waals surface area contributed by atoms with Crippen LogP contribution in [0.5, 0.6) is 0 Å². The number of hydrogen-bond donors (Lipinski definition) is 3. The van der Waals surface area contributed by atoms with Crippen LogP contribution in [0.15, 0.2) is 18.3 Å². The van der Waals surface area contributed by atoms with Crippen molar-refractivity contribution in [3.05, 3.63) is 24.0 Å². The zero-order valence-electron chi connectivity index (χ0n) is 11.3. The minimum absolute atomic E-state index is 0.0358. The molecule has 0 saturated heterocycles. The van der Waals surface area contributed by atoms with Gasteiger partial charge in [-0.25, -0.2) is 0 Å². The first-order valence-corrected chi connectivity index (χ1v) is 6.42. The number of carbonyl (C=O) groups excluding carboxylic acids is 2. The van der Waals surface area contributed by atoms with E-state index in [1.807, 2.05) is 13.8 Å². The minimum atomic E-state index is -0.355. The Bertz CT molecular complexity index is 434. The minimum Gasteiger partial charge on any atom is -0.385 e. The molecule has 2 amide bonds. The van der Waals surface area contributed by atoms with Gasteiger partial charge in [0.2, 0.25) is 5.91 Å². The number of carbonyl (C=O) groups is 2. The summed E-state index contributed by atoms with van der Waals surface area (Å²) in [6.45, 7) is 5.28. The van der Waals surface area contributed by atoms with E-state index >= 15 is 0 Å². The molecule has 6 nitrogen and oxygen atoms in total. The van der Waals surface area contributed by atoms with Crippen LogP contribution in [0.1, 0.15) is 30.8 Å². The number of rotatable bonds is 7. The summed E-state index contributed by atoms with van der Waals surface area (Å²) in [7, 11) is 0. The number of nitrogens with zero attached hydrogens (tertiary/aromatic N) is 1. The van der Waals surface area contributed by atoms with Gasteiger partial charge < -0.3 is 16.0 Å². The Morgan fingerprint density at radius 3 is 2.74 bits per heavy atom. The predicted octanol–water partition coefficient (Wildman–Crippen LogP) is 0.769. The van der Waals surface area contributed by atoms with E-state index < -0.39 is 0 Å². The van der Waals surface area contributed by atoms with Crippen LogP contribution < -0.4 is 16.0 Å². The van der Waals surface area contributed by atoms with Crippen LogP contribution in [-0.4, -0.2) is 36.4 Å². The lowest BCUT2D eigenvalue weighted by atomic mass is 10.3. The Morgan fingerprint density at radius 1 is 1.26 bits per heavy atom. The molecule has 1 heterocycles. The largest absolute Gasteiger partial charge is 0.385 e. The second kappa shape index (κ2) is 8.07. The summed E-state index contributed by atoms with van der Waals surface area (Å²) in [5.41, 5.74) is 1.12. The lowest BCUT2D eigenvalue weighted by Crippen LogP contribution is -2.37. The smallest absolute Gasteiger partial charge is 0.270 e. The molecule has 1 aromatic heterocycles. The fourth-order valence-corrected chi connectivity index (χ4v) is 1.45. The van der Waals surface area contributed by atoms with Crippen LogP contribution in [-0.2, 0) is 4.79 Å². The van der Waals surface area contributed by atoms with Crippen molar-refractivity contribution in [1.82, 2.24) is 15.6 Å². The van der Waals surface area contributed by atoms with Crippen LogP contribution in [0.2, 0.25) is 0 Å². The van der Waals surface area contributed by atoms with Crippen LogP contribution in [0.25, 0.3) is 0 Å². The van der Waals surface area contributed by atoms with E-state index in [4.69, 9.17) is 0 Å². The number of amides is 2. The highest BCUT2D eigenvalue weighted by molar-refractivity contribution is 5.95. The van der Waals surface area contributed by atoms with Gasteiger partial charge in [0, 0.05) is 25.0 Å². The molecule has 0 radical (unpaired) electrons. The van der Waals surface area contributed by atoms with Gasteiger partial charge in [0.15, 0.2) is 0 Å². The van der Waals surface area contributed by atoms with E-state index in [0.29, 0.717) is 12.2 Å². The average Bonchev–Trinajstić information content (AvgIpc) is 2.43. The van der Waals surface area contributed by atoms with Gasteiger partial charge in [0.25, 0.3) is 5.91 Å². The van der Waals surface area contributed by atoms with Crippen molar-refractivity contribution in [3.63, 3.8) is 0 Å². The molecule has 104 valence electrons. The van der Waals surface area contributed by atoms with E-state index in [9.17, 15) is 9.59 Å². The topological polar surface area (TPSA) is 83.1 Å². The molecule has 0 aliphatic heterocycles. The Labute approximate surface area is 113 Å². The number of aromatic nitrogens is 1. The van der Waals surface area contributed by atoms with E-state index in [0.717, 1.165) is 18.7 Å². The highest BCUT2D eigenvalue weighted by Gasteiger charge is 2.09. The van der Waals surface area contributed by atoms with E-state index in [1.165, 1.54) is 0 Å². The van der Waals surface area contributed by atoms with Gasteiger partial charge in [-0.3, -0.25) is 14.6 Å². The quantitative estimate of drug-likeness (QED) is 0.679. The van der Waals surface area contributed by atoms with Gasteiger partial charge in [-0.05, 0) is 25.5 Å². The van der Waals surface area contributed by atoms with Crippen LogP contribution >= 0.6 is 0 Å². The Hall–Kier alpha value is -2.11. The van der Waals surface area contributed by atoms with Crippen molar-refractivity contribution >= 4 is 17.5 Å². The number of pyridine rings is 1. The van der Waals surface area contributed by atoms with E-state index in [-0.39, 0.29) is 18.4 Å². The van der Waals surface area contributed by atoms with Gasteiger partial charge in [-0.15, -0.1) is 0 Å². The lowest BCUT2D eigenvalue weighted by molar-refractivity contribution is -0.120. The summed E-state index contributed by atoms with van der Waals surface area (Å²) < 4.78 is 0. The summed E-state index contributed by atoms with van der Waals surface area (Å²) in [6.07, 6.45) is 2.43. The molecule has 1 aromatic rings. The highest BCUT2D eigenvalue weighted by atomic mass is 16.2. The Morgan fingerprint density at radius 2 is 2.05 bits per heavy atom. The first-order chi connectivity index (χ1) is 9.17. The Balaban J connectivity index is 2.49. The SMILES string of the molecule is CCCNC(=O)CNC(=O)c1cc(NCC)ccn1. The van der Waals surface area contributed by atoms with Crippen molar-refractivity contribution in [3.8, 4) is 0 Å². The molecule has 0 unspecified atom stereocenters. The Kier molecular flexibility index (Phi) is 6.35. The van der Waals surface area contributed by atoms with Crippen molar-refractivity contribution in [1.29, 1.82) is 0 Å². The van der Waals surface area contributed by atoms with Gasteiger partial charge in [0.1, 0.15) is 5.69 Å². The van der Waals surface area contributed by atoms with E-state index in [1.54, 1.807) is 18.3 Å². The maximum absolute atomic E-state index is 11.8. The molecule has 0 aliphatic carbocycles. The molecule has 0 atom stereocenters. The van der Waals surface area contributed by atoms with E-state index in [2.05, 4.69) is 20.9 Å². The third-order valence-corrected chi connectivity index (χ3v) is 2.36. The normalized spacial score (nSPS) is 9.79. The molecule has 19 heavy (non-hydrogen) atoms. The summed E-state index contributed by atoms with van der Waals surface area (Å²) in [4.78, 5) is 27.1. The fourth-order valence-electron chi connectivity index (χ4n) is 1.45. The van der Waals surface area contributed by atoms with Crippen LogP contribution in [0, 0.1) is 0 Å². The molecule has 0 bridgehead atoms. The predicted molar refractivity (Wildman–Crippen MR) is 74.0 cm³/mol. The second-order valence-electron chi connectivity index (χ2n) is 3.99. The number of anilines is 1. The third kappa shape index (κ3) is 5.37. The highest BCUT2D eigenvalue weighted by Crippen LogP contribution is 2.07. The molecular weight excluding hydrogens is 244 g/mol. The van der Waals surface area contributed by atoms with Crippen molar-refractivity contribution in [2.75, 3.05) is 25.0 Å². The second-order valence-corrected chi connectivity index (χ2v) is 3.99. The number of hydrogen-bond acceptors (Lipinski definition) is 4. The molecule has 0 fully saturated rings. The van der Waals surface area contributed by atoms with Gasteiger partial charge in [0.05, 0.1) is 6.54 Å². The average molecular weight is 264 g/mol. The summed E-state index contributed by atoms with van der Waals surface area (Å²) in [5, 5.41) is 8.32. The lowest BCUT2D eigenvalue weighted by Gasteiger charge is -2.07. The standard InChI is InChI=1S/C13H20N4O2/c1-3-6-16-12(18)9-17-13(19)11-8-10(14-4-2)5-7-15-11/h5,7-8H,3-4,6,9H2,1-2H3,(H,14,15)(H,16,18)(H,17,19). The summed E-state index contributed by atoms with van der Waals surface area (Å²) in [5.74, 6) is -0.551. The van der Waals surface area contributed by atoms with Crippen LogP contribution in [0.3, 0.4) is 0 Å². The third-order valence-electron chi connectivity index (χ3n) is 2.36. The zero-order valence-corrected chi connectivity index (χ0v) is 11.3. The maximum atomic E-state index is 11.8. The summed E-state index contributed by atoms with van der Waals surface area (Å²) in [6, 6.07) is 3.44. The molecule has 6 heteroatoms. The van der Waals surface area contributed by atoms with Crippen molar-refractivity contribution < 1.29 is 9.59 Å². The van der Waals surface area contributed by atoms with Crippen molar-refractivity contribution in [2.24, 2.45) is 0 Å². The monoisotopic (exact) mass is 264 g/mol. The van der Waals surface area contributed by atoms with Gasteiger partial charge >= 0.3 is 0 Å².